The molecule has 0 amide bonds. The van der Waals surface area contributed by atoms with Crippen molar-refractivity contribution in [1.29, 1.82) is 0 Å². The largest absolute Gasteiger partial charge is 0.329 e. The first-order valence-corrected chi connectivity index (χ1v) is 2.07. The first kappa shape index (κ1) is 29.2. The normalized spacial score (nSPS) is 5.33. The molecule has 4 heteroatoms. The summed E-state index contributed by atoms with van der Waals surface area (Å²) in [4.78, 5) is 0. The molecule has 0 fully saturated rings. The molecule has 0 aliphatic rings. The summed E-state index contributed by atoms with van der Waals surface area (Å²) < 4.78 is 0. The summed E-state index contributed by atoms with van der Waals surface area (Å²) in [6.07, 6.45) is 2.17. The van der Waals surface area contributed by atoms with Crippen LogP contribution in [-0.4, -0.2) is 0 Å². The van der Waals surface area contributed by atoms with Crippen LogP contribution in [0.3, 0.4) is 0 Å². The first-order valence-electron chi connectivity index (χ1n) is 2.07. The Hall–Kier alpha value is 4.42. The number of hydrogen-bond acceptors (Lipinski definition) is 0. The van der Waals surface area contributed by atoms with Crippen molar-refractivity contribution in [3.05, 3.63) is 6.42 Å². The van der Waals surface area contributed by atoms with Crippen LogP contribution in [0.25, 0.3) is 0 Å². The molecular weight excluding hydrogens is 416 g/mol. The Bertz CT molecular complexity index is 22.9. The van der Waals surface area contributed by atoms with Gasteiger partial charge in [0.05, 0.1) is 0 Å². The third-order valence-corrected chi connectivity index (χ3v) is 0.667. The molecule has 0 nitrogen and oxygen atoms in total. The van der Waals surface area contributed by atoms with Crippen LogP contribution in [0.5, 0.6) is 0 Å². The Morgan fingerprint density at radius 2 is 1.00 bits per heavy atom. The van der Waals surface area contributed by atoms with Gasteiger partial charge in [-0.05, 0) is 0 Å². The molecule has 0 heterocycles. The Balaban J connectivity index is -0.0000000133. The van der Waals surface area contributed by atoms with Crippen molar-refractivity contribution < 1.29 is 131 Å². The van der Waals surface area contributed by atoms with Gasteiger partial charge < -0.3 is 6.42 Å². The Morgan fingerprint density at radius 1 is 0.889 bits per heavy atom. The van der Waals surface area contributed by atoms with Crippen molar-refractivity contribution in [3.8, 4) is 0 Å². The smallest absolute Gasteiger partial charge is 0 e. The molecule has 0 saturated heterocycles. The maximum Gasteiger partial charge on any atom is 0 e. The van der Waals surface area contributed by atoms with Gasteiger partial charge in [-0.2, -0.15) is 12.8 Å². The molecule has 0 saturated carbocycles. The van der Waals surface area contributed by atoms with Crippen LogP contribution < -0.4 is 0 Å². The monoisotopic (exact) mass is 427 g/mol. The zero-order valence-electron chi connectivity index (χ0n) is 6.46. The maximum atomic E-state index is 2.17. The van der Waals surface area contributed by atoms with Gasteiger partial charge in [0.15, 0.2) is 0 Å². The van der Waals surface area contributed by atoms with Crippen molar-refractivity contribution in [3.63, 3.8) is 0 Å². The Labute approximate surface area is 160 Å². The van der Waals surface area contributed by atoms with Crippen LogP contribution in [-0.2, 0) is 131 Å². The van der Waals surface area contributed by atoms with E-state index < -0.39 is 0 Å². The molecule has 0 N–H and O–H groups in total. The van der Waals surface area contributed by atoms with E-state index >= 15 is 0 Å². The van der Waals surface area contributed by atoms with E-state index in [0.717, 1.165) is 5.92 Å². The third-order valence-electron chi connectivity index (χ3n) is 0.667. The van der Waals surface area contributed by atoms with E-state index in [1.807, 2.05) is 0 Å². The Kier molecular flexibility index (Phi) is 74.1. The number of rotatable bonds is 1. The summed E-state index contributed by atoms with van der Waals surface area (Å²) in [5.74, 6) is 0.759. The second-order valence-electron chi connectivity index (χ2n) is 1.58. The van der Waals surface area contributed by atoms with E-state index in [4.69, 9.17) is 0 Å². The van der Waals surface area contributed by atoms with Gasteiger partial charge in [0.1, 0.15) is 0 Å². The maximum absolute atomic E-state index is 2.17. The molecule has 0 rings (SSSR count). The van der Waals surface area contributed by atoms with Crippen LogP contribution in [0.4, 0.5) is 0 Å². The minimum Gasteiger partial charge on any atom is -0.329 e. The molecule has 0 unspecified atom stereocenters. The molecule has 9 heavy (non-hydrogen) atoms. The minimum atomic E-state index is 0. The molecule has 0 atom stereocenters. The second-order valence-corrected chi connectivity index (χ2v) is 1.58. The molecule has 0 spiro atoms. The summed E-state index contributed by atoms with van der Waals surface area (Å²) in [7, 11) is 0. The summed E-state index contributed by atoms with van der Waals surface area (Å²) in [6, 6.07) is 0. The summed E-state index contributed by atoms with van der Waals surface area (Å²) in [5, 5.41) is 0. The fourth-order valence-electron chi connectivity index (χ4n) is 0. The fraction of sp³-hybridized carbons (Fsp3) is 0.800. The van der Waals surface area contributed by atoms with Gasteiger partial charge in [0, 0.05) is 131 Å². The van der Waals surface area contributed by atoms with E-state index in [0.29, 0.717) is 0 Å². The van der Waals surface area contributed by atoms with Gasteiger partial charge in [0.2, 0.25) is 0 Å². The SMILES string of the molecule is C[CH-]C(C)C.[Y].[Y].[Y].[Y]. The molecule has 0 aromatic heterocycles. The van der Waals surface area contributed by atoms with E-state index in [1.165, 1.54) is 0 Å². The van der Waals surface area contributed by atoms with E-state index in [9.17, 15) is 0 Å². The molecule has 0 aromatic rings. The van der Waals surface area contributed by atoms with E-state index in [-0.39, 0.29) is 131 Å². The topological polar surface area (TPSA) is 0 Å². The van der Waals surface area contributed by atoms with E-state index in [2.05, 4.69) is 27.2 Å². The van der Waals surface area contributed by atoms with Gasteiger partial charge in [-0.1, -0.05) is 13.8 Å². The van der Waals surface area contributed by atoms with E-state index in [1.54, 1.807) is 0 Å². The summed E-state index contributed by atoms with van der Waals surface area (Å²) >= 11 is 0. The summed E-state index contributed by atoms with van der Waals surface area (Å²) in [5.41, 5.74) is 0. The van der Waals surface area contributed by atoms with Crippen LogP contribution in [0.1, 0.15) is 20.8 Å². The predicted molar refractivity (Wildman–Crippen MR) is 24.8 cm³/mol. The zero-order chi connectivity index (χ0) is 4.28. The summed E-state index contributed by atoms with van der Waals surface area (Å²) in [6.45, 7) is 6.41. The van der Waals surface area contributed by atoms with Gasteiger partial charge in [-0.15, -0.1) is 0 Å². The molecule has 0 aromatic carbocycles. The standard InChI is InChI=1S/C5H11.4Y/c1-4-5(2)3;;;;/h4-5H,1-3H3;;;;/q-1;;;;. The average Bonchev–Trinajstić information content (AvgIpc) is 1.38. The molecule has 0 bridgehead atoms. The predicted octanol–water partition coefficient (Wildman–Crippen LogP) is 1.86. The van der Waals surface area contributed by atoms with Crippen molar-refractivity contribution in [1.82, 2.24) is 0 Å². The zero-order valence-corrected chi connectivity index (χ0v) is 17.8. The molecule has 0 aliphatic heterocycles. The fourth-order valence-corrected chi connectivity index (χ4v) is 0. The van der Waals surface area contributed by atoms with Crippen molar-refractivity contribution >= 4 is 0 Å². The molecule has 0 aliphatic carbocycles. The molecular formula is C5H11Y4-. The van der Waals surface area contributed by atoms with Crippen LogP contribution in [0.2, 0.25) is 0 Å². The quantitative estimate of drug-likeness (QED) is 0.562. The Morgan fingerprint density at radius 3 is 1.00 bits per heavy atom. The van der Waals surface area contributed by atoms with Gasteiger partial charge in [-0.3, -0.25) is 0 Å². The number of hydrogen-bond donors (Lipinski definition) is 0. The van der Waals surface area contributed by atoms with Gasteiger partial charge in [0.25, 0.3) is 0 Å². The van der Waals surface area contributed by atoms with Gasteiger partial charge >= 0.3 is 0 Å². The van der Waals surface area contributed by atoms with Crippen molar-refractivity contribution in [2.24, 2.45) is 5.92 Å². The van der Waals surface area contributed by atoms with Crippen LogP contribution >= 0.6 is 0 Å². The minimum absolute atomic E-state index is 0. The molecule has 4 radical (unpaired) electrons. The first-order chi connectivity index (χ1) is 2.27. The van der Waals surface area contributed by atoms with Crippen molar-refractivity contribution in [2.75, 3.05) is 0 Å². The average molecular weight is 427 g/mol. The van der Waals surface area contributed by atoms with Gasteiger partial charge in [-0.25, -0.2) is 0 Å². The third kappa shape index (κ3) is 32.7. The van der Waals surface area contributed by atoms with Crippen molar-refractivity contribution in [2.45, 2.75) is 20.8 Å². The second kappa shape index (κ2) is 22.8. The van der Waals surface area contributed by atoms with Crippen LogP contribution in [0, 0.1) is 12.3 Å². The van der Waals surface area contributed by atoms with Crippen LogP contribution in [0.15, 0.2) is 0 Å². The molecule has 44 valence electrons.